The highest BCUT2D eigenvalue weighted by Crippen LogP contribution is 2.33. The third-order valence-electron chi connectivity index (χ3n) is 4.80. The Balaban J connectivity index is 1.73. The summed E-state index contributed by atoms with van der Waals surface area (Å²) in [4.78, 5) is 7.17. The quantitative estimate of drug-likeness (QED) is 0.901. The summed E-state index contributed by atoms with van der Waals surface area (Å²) >= 11 is 1.79. The zero-order chi connectivity index (χ0) is 13.1. The molecule has 19 heavy (non-hydrogen) atoms. The van der Waals surface area contributed by atoms with E-state index in [0.717, 1.165) is 0 Å². The van der Waals surface area contributed by atoms with Crippen LogP contribution in [0.2, 0.25) is 0 Å². The molecule has 2 fully saturated rings. The summed E-state index contributed by atoms with van der Waals surface area (Å²) in [6.45, 7) is 5.91. The molecule has 1 saturated heterocycles. The van der Waals surface area contributed by atoms with E-state index in [-0.39, 0.29) is 0 Å². The highest BCUT2D eigenvalue weighted by atomic mass is 32.1. The molecule has 1 atom stereocenters. The Labute approximate surface area is 120 Å². The van der Waals surface area contributed by atoms with Gasteiger partial charge in [0.05, 0.1) is 6.04 Å². The molecule has 4 heteroatoms. The highest BCUT2D eigenvalue weighted by Gasteiger charge is 2.36. The van der Waals surface area contributed by atoms with Crippen LogP contribution in [-0.4, -0.2) is 35.1 Å². The van der Waals surface area contributed by atoms with Gasteiger partial charge < -0.3 is 5.32 Å². The Morgan fingerprint density at radius 3 is 2.89 bits per heavy atom. The monoisotopic (exact) mass is 279 g/mol. The smallest absolute Gasteiger partial charge is 0.109 e. The Bertz CT molecular complexity index is 384. The Morgan fingerprint density at radius 1 is 1.32 bits per heavy atom. The summed E-state index contributed by atoms with van der Waals surface area (Å²) in [6, 6.07) is 0.471. The Morgan fingerprint density at radius 2 is 2.16 bits per heavy atom. The van der Waals surface area contributed by atoms with E-state index in [0.29, 0.717) is 11.6 Å². The molecule has 0 amide bonds. The minimum absolute atomic E-state index is 0.389. The van der Waals surface area contributed by atoms with Gasteiger partial charge in [-0.1, -0.05) is 19.3 Å². The van der Waals surface area contributed by atoms with Gasteiger partial charge in [-0.05, 0) is 32.7 Å². The van der Waals surface area contributed by atoms with Crippen molar-refractivity contribution in [1.29, 1.82) is 0 Å². The Hall–Kier alpha value is -0.450. The van der Waals surface area contributed by atoms with Crippen LogP contribution in [0, 0.1) is 0 Å². The van der Waals surface area contributed by atoms with Crippen molar-refractivity contribution in [2.45, 2.75) is 57.0 Å². The van der Waals surface area contributed by atoms with Gasteiger partial charge in [0.1, 0.15) is 5.01 Å². The van der Waals surface area contributed by atoms with E-state index in [1.54, 1.807) is 11.3 Å². The van der Waals surface area contributed by atoms with Crippen LogP contribution >= 0.6 is 11.3 Å². The molecule has 1 aliphatic heterocycles. The lowest BCUT2D eigenvalue weighted by atomic mass is 9.81. The van der Waals surface area contributed by atoms with Gasteiger partial charge >= 0.3 is 0 Å². The Kier molecular flexibility index (Phi) is 4.20. The lowest BCUT2D eigenvalue weighted by Gasteiger charge is -2.41. The topological polar surface area (TPSA) is 28.2 Å². The number of aromatic nitrogens is 1. The number of rotatable bonds is 2. The fraction of sp³-hybridized carbons (Fsp3) is 0.800. The van der Waals surface area contributed by atoms with Crippen molar-refractivity contribution in [1.82, 2.24) is 15.2 Å². The molecule has 2 aliphatic rings. The van der Waals surface area contributed by atoms with E-state index in [2.05, 4.69) is 27.5 Å². The van der Waals surface area contributed by atoms with Crippen LogP contribution < -0.4 is 5.32 Å². The highest BCUT2D eigenvalue weighted by molar-refractivity contribution is 7.09. The summed E-state index contributed by atoms with van der Waals surface area (Å²) in [6.07, 6.45) is 10.1. The molecular weight excluding hydrogens is 254 g/mol. The molecule has 1 unspecified atom stereocenters. The van der Waals surface area contributed by atoms with Crippen LogP contribution in [0.3, 0.4) is 0 Å². The van der Waals surface area contributed by atoms with Crippen molar-refractivity contribution in [2.24, 2.45) is 0 Å². The summed E-state index contributed by atoms with van der Waals surface area (Å²) in [5.74, 6) is 0. The maximum Gasteiger partial charge on any atom is 0.109 e. The van der Waals surface area contributed by atoms with E-state index in [4.69, 9.17) is 0 Å². The molecule has 0 aromatic carbocycles. The first-order valence-electron chi connectivity index (χ1n) is 7.68. The summed E-state index contributed by atoms with van der Waals surface area (Å²) in [5, 5.41) is 7.24. The van der Waals surface area contributed by atoms with Gasteiger partial charge in [0.25, 0.3) is 0 Å². The van der Waals surface area contributed by atoms with E-state index in [1.807, 2.05) is 6.20 Å². The van der Waals surface area contributed by atoms with Crippen molar-refractivity contribution in [3.05, 3.63) is 16.6 Å². The molecule has 1 spiro atoms. The number of nitrogens with zero attached hydrogens (tertiary/aromatic N) is 2. The lowest BCUT2D eigenvalue weighted by molar-refractivity contribution is 0.134. The van der Waals surface area contributed by atoms with Crippen molar-refractivity contribution >= 4 is 11.3 Å². The third-order valence-corrected chi connectivity index (χ3v) is 5.74. The van der Waals surface area contributed by atoms with Gasteiger partial charge in [0, 0.05) is 30.2 Å². The van der Waals surface area contributed by atoms with E-state index in [1.165, 1.54) is 63.2 Å². The van der Waals surface area contributed by atoms with Crippen LogP contribution in [0.4, 0.5) is 0 Å². The van der Waals surface area contributed by atoms with Gasteiger partial charge in [0.15, 0.2) is 0 Å². The van der Waals surface area contributed by atoms with Gasteiger partial charge in [-0.15, -0.1) is 11.3 Å². The number of hydrogen-bond acceptors (Lipinski definition) is 4. The average Bonchev–Trinajstić information content (AvgIpc) is 2.90. The molecule has 1 aromatic heterocycles. The van der Waals surface area contributed by atoms with Crippen LogP contribution in [0.5, 0.6) is 0 Å². The molecule has 1 aromatic rings. The van der Waals surface area contributed by atoms with E-state index < -0.39 is 0 Å². The molecular formula is C15H25N3S. The van der Waals surface area contributed by atoms with E-state index in [9.17, 15) is 0 Å². The number of thiazole rings is 1. The molecule has 0 radical (unpaired) electrons. The predicted molar refractivity (Wildman–Crippen MR) is 80.5 cm³/mol. The van der Waals surface area contributed by atoms with Crippen molar-refractivity contribution in [2.75, 3.05) is 19.6 Å². The second-order valence-corrected chi connectivity index (χ2v) is 7.06. The van der Waals surface area contributed by atoms with Crippen LogP contribution in [0.1, 0.15) is 56.5 Å². The van der Waals surface area contributed by atoms with Crippen molar-refractivity contribution in [3.63, 3.8) is 0 Å². The zero-order valence-electron chi connectivity index (χ0n) is 11.9. The first-order valence-corrected chi connectivity index (χ1v) is 8.56. The summed E-state index contributed by atoms with van der Waals surface area (Å²) in [7, 11) is 0. The fourth-order valence-electron chi connectivity index (χ4n) is 3.65. The molecule has 1 aliphatic carbocycles. The molecule has 3 rings (SSSR count). The van der Waals surface area contributed by atoms with Crippen molar-refractivity contribution < 1.29 is 0 Å². The first-order chi connectivity index (χ1) is 9.29. The van der Waals surface area contributed by atoms with Gasteiger partial charge in [-0.25, -0.2) is 4.98 Å². The molecule has 2 heterocycles. The van der Waals surface area contributed by atoms with Crippen LogP contribution in [-0.2, 0) is 0 Å². The predicted octanol–water partition coefficient (Wildman–Crippen LogP) is 3.20. The molecule has 1 saturated carbocycles. The number of nitrogens with one attached hydrogen (secondary N) is 1. The van der Waals surface area contributed by atoms with Crippen LogP contribution in [0.15, 0.2) is 11.6 Å². The summed E-state index contributed by atoms with van der Waals surface area (Å²) < 4.78 is 0. The third kappa shape index (κ3) is 3.01. The molecule has 1 N–H and O–H groups in total. The first kappa shape index (κ1) is 13.5. The second-order valence-electron chi connectivity index (χ2n) is 6.14. The average molecular weight is 279 g/mol. The number of hydrogen-bond donors (Lipinski definition) is 1. The maximum absolute atomic E-state index is 4.51. The fourth-order valence-corrected chi connectivity index (χ4v) is 4.38. The van der Waals surface area contributed by atoms with Gasteiger partial charge in [-0.2, -0.15) is 0 Å². The van der Waals surface area contributed by atoms with E-state index >= 15 is 0 Å². The van der Waals surface area contributed by atoms with Gasteiger partial charge in [0.2, 0.25) is 0 Å². The standard InChI is InChI=1S/C15H25N3S/c1-13(14-16-9-11-19-14)18-10-5-8-17-15(12-18)6-3-2-4-7-15/h9,11,13,17H,2-8,10,12H2,1H3. The second kappa shape index (κ2) is 5.90. The normalized spacial score (nSPS) is 26.2. The molecule has 0 bridgehead atoms. The minimum Gasteiger partial charge on any atom is -0.310 e. The van der Waals surface area contributed by atoms with Crippen molar-refractivity contribution in [3.8, 4) is 0 Å². The molecule has 3 nitrogen and oxygen atoms in total. The zero-order valence-corrected chi connectivity index (χ0v) is 12.7. The SMILES string of the molecule is CC(c1nccs1)N1CCCNC2(CCCCC2)C1. The lowest BCUT2D eigenvalue weighted by Crippen LogP contribution is -2.52. The van der Waals surface area contributed by atoms with Crippen LogP contribution in [0.25, 0.3) is 0 Å². The maximum atomic E-state index is 4.51. The summed E-state index contributed by atoms with van der Waals surface area (Å²) in [5.41, 5.74) is 0.389. The largest absolute Gasteiger partial charge is 0.310 e. The molecule has 106 valence electrons. The minimum atomic E-state index is 0.389. The van der Waals surface area contributed by atoms with Gasteiger partial charge in [-0.3, -0.25) is 4.90 Å².